The van der Waals surface area contributed by atoms with Gasteiger partial charge in [-0.25, -0.2) is 4.79 Å². The van der Waals surface area contributed by atoms with E-state index in [2.05, 4.69) is 11.9 Å². The van der Waals surface area contributed by atoms with E-state index in [4.69, 9.17) is 9.84 Å². The molecule has 1 aliphatic carbocycles. The summed E-state index contributed by atoms with van der Waals surface area (Å²) in [6, 6.07) is 6.71. The largest absolute Gasteiger partial charge is 0.478 e. The van der Waals surface area contributed by atoms with E-state index in [1.54, 1.807) is 24.3 Å². The lowest BCUT2D eigenvalue weighted by molar-refractivity contribution is -0.148. The molecule has 4 heteroatoms. The molecule has 1 saturated carbocycles. The first-order valence-electron chi connectivity index (χ1n) is 6.83. The fourth-order valence-corrected chi connectivity index (χ4v) is 3.31. The van der Waals surface area contributed by atoms with Gasteiger partial charge in [0.15, 0.2) is 5.72 Å². The van der Waals surface area contributed by atoms with E-state index in [0.717, 1.165) is 31.1 Å². The monoisotopic (exact) mass is 261 g/mol. The van der Waals surface area contributed by atoms with E-state index >= 15 is 0 Å². The van der Waals surface area contributed by atoms with Crippen LogP contribution in [-0.4, -0.2) is 35.3 Å². The Labute approximate surface area is 113 Å². The number of benzene rings is 1. The van der Waals surface area contributed by atoms with E-state index < -0.39 is 5.97 Å². The zero-order valence-electron chi connectivity index (χ0n) is 11.1. The fraction of sp³-hybridized carbons (Fsp3) is 0.533. The average molecular weight is 261 g/mol. The van der Waals surface area contributed by atoms with Gasteiger partial charge in [-0.05, 0) is 50.1 Å². The molecule has 2 aliphatic heterocycles. The molecular formula is C15H19NO3. The Morgan fingerprint density at radius 2 is 1.95 bits per heavy atom. The zero-order chi connectivity index (χ0) is 13.5. The van der Waals surface area contributed by atoms with Crippen molar-refractivity contribution in [3.8, 4) is 5.75 Å². The second kappa shape index (κ2) is 4.53. The number of ether oxygens (including phenoxy) is 1. The number of carboxylic acid groups (broad SMARTS) is 1. The quantitative estimate of drug-likeness (QED) is 0.908. The molecule has 0 unspecified atom stereocenters. The van der Waals surface area contributed by atoms with Crippen LogP contribution in [-0.2, 0) is 0 Å². The maximum Gasteiger partial charge on any atom is 0.335 e. The number of piperidine rings is 2. The molecule has 1 aromatic carbocycles. The molecular weight excluding hydrogens is 242 g/mol. The topological polar surface area (TPSA) is 49.8 Å². The summed E-state index contributed by atoms with van der Waals surface area (Å²) in [5, 5.41) is 8.89. The smallest absolute Gasteiger partial charge is 0.335 e. The van der Waals surface area contributed by atoms with Gasteiger partial charge in [0.2, 0.25) is 0 Å². The van der Waals surface area contributed by atoms with Crippen LogP contribution in [0.5, 0.6) is 5.75 Å². The summed E-state index contributed by atoms with van der Waals surface area (Å²) in [5.74, 6) is 0.682. The van der Waals surface area contributed by atoms with Gasteiger partial charge in [0, 0.05) is 19.4 Å². The summed E-state index contributed by atoms with van der Waals surface area (Å²) in [7, 11) is 2.12. The standard InChI is InChI=1S/C15H19NO3/c1-16-10-11-6-8-15(16,9-7-11)19-13-4-2-12(3-5-13)14(17)18/h2-5,11H,6-10H2,1H3,(H,17,18). The van der Waals surface area contributed by atoms with E-state index in [9.17, 15) is 4.79 Å². The summed E-state index contributed by atoms with van der Waals surface area (Å²) in [4.78, 5) is 13.1. The van der Waals surface area contributed by atoms with Crippen LogP contribution in [0.2, 0.25) is 0 Å². The summed E-state index contributed by atoms with van der Waals surface area (Å²) in [5.41, 5.74) is 0.116. The lowest BCUT2D eigenvalue weighted by Crippen LogP contribution is -2.59. The van der Waals surface area contributed by atoms with Gasteiger partial charge in [-0.1, -0.05) is 0 Å². The molecule has 1 N–H and O–H groups in total. The maximum atomic E-state index is 10.8. The highest BCUT2D eigenvalue weighted by atomic mass is 16.5. The number of carboxylic acids is 1. The van der Waals surface area contributed by atoms with Crippen LogP contribution in [0.4, 0.5) is 0 Å². The van der Waals surface area contributed by atoms with Crippen LogP contribution in [0.15, 0.2) is 24.3 Å². The van der Waals surface area contributed by atoms with Crippen LogP contribution >= 0.6 is 0 Å². The first-order valence-corrected chi connectivity index (χ1v) is 6.83. The highest BCUT2D eigenvalue weighted by molar-refractivity contribution is 5.87. The maximum absolute atomic E-state index is 10.8. The van der Waals surface area contributed by atoms with Gasteiger partial charge in [0.25, 0.3) is 0 Å². The Bertz CT molecular complexity index is 475. The van der Waals surface area contributed by atoms with Gasteiger partial charge in [-0.2, -0.15) is 0 Å². The number of rotatable bonds is 3. The van der Waals surface area contributed by atoms with Crippen LogP contribution in [0.1, 0.15) is 36.0 Å². The van der Waals surface area contributed by atoms with Crippen molar-refractivity contribution in [2.45, 2.75) is 31.4 Å². The van der Waals surface area contributed by atoms with Crippen LogP contribution < -0.4 is 4.74 Å². The van der Waals surface area contributed by atoms with Crippen LogP contribution in [0.25, 0.3) is 0 Å². The van der Waals surface area contributed by atoms with Crippen molar-refractivity contribution in [1.29, 1.82) is 0 Å². The van der Waals surface area contributed by atoms with E-state index in [0.29, 0.717) is 5.56 Å². The van der Waals surface area contributed by atoms with Gasteiger partial charge < -0.3 is 9.84 Å². The Kier molecular flexibility index (Phi) is 2.97. The number of hydrogen-bond donors (Lipinski definition) is 1. The Balaban J connectivity index is 1.78. The molecule has 19 heavy (non-hydrogen) atoms. The third-order valence-electron chi connectivity index (χ3n) is 4.52. The predicted octanol–water partition coefficient (Wildman–Crippen LogP) is 2.60. The molecule has 102 valence electrons. The second-order valence-corrected chi connectivity index (χ2v) is 5.70. The van der Waals surface area contributed by atoms with Crippen molar-refractivity contribution in [2.75, 3.05) is 13.6 Å². The molecule has 2 bridgehead atoms. The number of aromatic carboxylic acids is 1. The summed E-state index contributed by atoms with van der Waals surface area (Å²) in [6.45, 7) is 1.10. The molecule has 0 amide bonds. The predicted molar refractivity (Wildman–Crippen MR) is 71.3 cm³/mol. The van der Waals surface area contributed by atoms with Crippen molar-refractivity contribution in [3.63, 3.8) is 0 Å². The highest BCUT2D eigenvalue weighted by Crippen LogP contribution is 2.43. The highest BCUT2D eigenvalue weighted by Gasteiger charge is 2.46. The summed E-state index contributed by atoms with van der Waals surface area (Å²) >= 11 is 0. The van der Waals surface area contributed by atoms with Gasteiger partial charge in [-0.3, -0.25) is 4.90 Å². The minimum absolute atomic E-state index is 0.181. The van der Waals surface area contributed by atoms with E-state index in [1.165, 1.54) is 12.8 Å². The molecule has 2 heterocycles. The minimum atomic E-state index is -0.903. The normalized spacial score (nSPS) is 30.3. The van der Waals surface area contributed by atoms with E-state index in [-0.39, 0.29) is 5.72 Å². The van der Waals surface area contributed by atoms with Crippen molar-refractivity contribution in [2.24, 2.45) is 5.92 Å². The molecule has 3 aliphatic rings. The van der Waals surface area contributed by atoms with Crippen molar-refractivity contribution in [1.82, 2.24) is 4.90 Å². The van der Waals surface area contributed by atoms with Crippen LogP contribution in [0, 0.1) is 5.92 Å². The first kappa shape index (κ1) is 12.5. The zero-order valence-corrected chi connectivity index (χ0v) is 11.1. The van der Waals surface area contributed by atoms with Gasteiger partial charge in [-0.15, -0.1) is 0 Å². The number of nitrogens with zero attached hydrogens (tertiary/aromatic N) is 1. The van der Waals surface area contributed by atoms with Crippen molar-refractivity contribution >= 4 is 5.97 Å². The number of carbonyl (C=O) groups is 1. The third kappa shape index (κ3) is 2.21. The summed E-state index contributed by atoms with van der Waals surface area (Å²) in [6.07, 6.45) is 4.60. The number of hydrogen-bond acceptors (Lipinski definition) is 3. The average Bonchev–Trinajstić information content (AvgIpc) is 2.41. The van der Waals surface area contributed by atoms with Gasteiger partial charge in [0.05, 0.1) is 5.56 Å². The molecule has 4 nitrogen and oxygen atoms in total. The van der Waals surface area contributed by atoms with Gasteiger partial charge in [0.1, 0.15) is 5.75 Å². The van der Waals surface area contributed by atoms with Gasteiger partial charge >= 0.3 is 5.97 Å². The number of fused-ring (bicyclic) bond motifs is 3. The van der Waals surface area contributed by atoms with Crippen LogP contribution in [0.3, 0.4) is 0 Å². The lowest BCUT2D eigenvalue weighted by Gasteiger charge is -2.52. The van der Waals surface area contributed by atoms with E-state index in [1.807, 2.05) is 0 Å². The second-order valence-electron chi connectivity index (χ2n) is 5.70. The lowest BCUT2D eigenvalue weighted by atomic mass is 9.77. The fourth-order valence-electron chi connectivity index (χ4n) is 3.31. The first-order chi connectivity index (χ1) is 9.09. The molecule has 0 radical (unpaired) electrons. The Morgan fingerprint density at radius 3 is 2.47 bits per heavy atom. The molecule has 1 aromatic rings. The summed E-state index contributed by atoms with van der Waals surface area (Å²) < 4.78 is 6.21. The third-order valence-corrected chi connectivity index (χ3v) is 4.52. The Morgan fingerprint density at radius 1 is 1.32 bits per heavy atom. The minimum Gasteiger partial charge on any atom is -0.478 e. The SMILES string of the molecule is CN1CC2CCC1(Oc1ccc(C(=O)O)cc1)CC2. The molecule has 4 rings (SSSR count). The molecule has 0 atom stereocenters. The molecule has 0 aromatic heterocycles. The molecule has 2 saturated heterocycles. The molecule has 0 spiro atoms. The Hall–Kier alpha value is -1.55. The van der Waals surface area contributed by atoms with Crippen molar-refractivity contribution < 1.29 is 14.6 Å². The van der Waals surface area contributed by atoms with Crippen molar-refractivity contribution in [3.05, 3.63) is 29.8 Å². The molecule has 3 fully saturated rings.